The van der Waals surface area contributed by atoms with Crippen LogP contribution >= 0.6 is 0 Å². The summed E-state index contributed by atoms with van der Waals surface area (Å²) in [5, 5.41) is 13.1. The number of nitrogens with one attached hydrogen (secondary N) is 2. The number of nitro groups is 1. The number of benzene rings is 1. The zero-order valence-electron chi connectivity index (χ0n) is 31.6. The van der Waals surface area contributed by atoms with Crippen molar-refractivity contribution in [2.45, 2.75) is 110 Å². The van der Waals surface area contributed by atoms with E-state index in [1.807, 2.05) is 28.5 Å². The molecule has 5 fully saturated rings. The number of amides is 2. The van der Waals surface area contributed by atoms with Gasteiger partial charge >= 0.3 is 7.12 Å². The molecule has 1 aromatic rings. The summed E-state index contributed by atoms with van der Waals surface area (Å²) in [6, 6.07) is 10.1. The molecule has 4 N–H and O–H groups in total. The Balaban J connectivity index is 1.16. The van der Waals surface area contributed by atoms with E-state index in [9.17, 15) is 24.5 Å². The van der Waals surface area contributed by atoms with Crippen LogP contribution in [-0.2, 0) is 23.7 Å². The highest BCUT2D eigenvalue weighted by atomic mass is 16.7. The highest BCUT2D eigenvalue weighted by molar-refractivity contribution is 6.47. The van der Waals surface area contributed by atoms with E-state index in [-0.39, 0.29) is 66.8 Å². The number of Topliss-reactive ketones (excluding diaryl/α,β-unsaturated/α-hetero) is 1. The summed E-state index contributed by atoms with van der Waals surface area (Å²) in [5.41, 5.74) is 8.31. The van der Waals surface area contributed by atoms with E-state index in [4.69, 9.17) is 15.0 Å². The van der Waals surface area contributed by atoms with Crippen LogP contribution in [0.15, 0.2) is 35.3 Å². The number of guanidine groups is 1. The zero-order valence-corrected chi connectivity index (χ0v) is 31.6. The first kappa shape index (κ1) is 39.5. The Labute approximate surface area is 308 Å². The van der Waals surface area contributed by atoms with Crippen LogP contribution in [0.4, 0.5) is 5.69 Å². The van der Waals surface area contributed by atoms with Gasteiger partial charge in [0.15, 0.2) is 5.03 Å². The minimum atomic E-state index is -0.786. The molecule has 3 aliphatic carbocycles. The first-order chi connectivity index (χ1) is 24.7. The van der Waals surface area contributed by atoms with Gasteiger partial charge in [-0.3, -0.25) is 14.4 Å². The molecule has 0 radical (unpaired) electrons. The van der Waals surface area contributed by atoms with Gasteiger partial charge in [-0.1, -0.05) is 51.3 Å². The monoisotopic (exact) mass is 723 g/mol. The number of ketones is 1. The highest BCUT2D eigenvalue weighted by Gasteiger charge is 2.68. The van der Waals surface area contributed by atoms with Gasteiger partial charge in [0.2, 0.25) is 11.8 Å². The van der Waals surface area contributed by atoms with Crippen molar-refractivity contribution in [1.29, 1.82) is 0 Å². The van der Waals surface area contributed by atoms with Gasteiger partial charge in [0, 0.05) is 63.6 Å². The molecule has 2 saturated heterocycles. The van der Waals surface area contributed by atoms with E-state index in [0.29, 0.717) is 50.6 Å². The van der Waals surface area contributed by atoms with E-state index >= 15 is 0 Å². The number of nitrogens with two attached hydrogens (primary N) is 1. The molecular formula is C37H58BN7O7. The first-order valence-corrected chi connectivity index (χ1v) is 19.1. The van der Waals surface area contributed by atoms with Crippen molar-refractivity contribution < 1.29 is 28.7 Å². The van der Waals surface area contributed by atoms with Crippen LogP contribution < -0.4 is 21.4 Å². The lowest BCUT2D eigenvalue weighted by atomic mass is 9.43. The molecule has 3 saturated carbocycles. The number of aliphatic imine (C=N–C) groups is 1. The quantitative estimate of drug-likeness (QED) is 0.0535. The number of hydrogen-bond donors (Lipinski definition) is 3. The summed E-state index contributed by atoms with van der Waals surface area (Å²) < 4.78 is 13.3. The maximum atomic E-state index is 14.0. The second-order valence-corrected chi connectivity index (χ2v) is 16.4. The Morgan fingerprint density at radius 3 is 2.44 bits per heavy atom. The molecule has 6 rings (SSSR count). The molecular weight excluding hydrogens is 665 g/mol. The standard InChI is InChI=1S/C37H58BN7O7/c1-25(2)21-32(38-51-31-24-27-23-30(36(27,3)4)37(31,5)52-38)41-34(48)26(11-10-16-40-35(39)42-45(49)50)22-29(46)14-9-15-33(47)44-19-17-43(18-20-44)28-12-7-6-8-13-28/h6-8,12-13,25-27,30-32H,9-11,14-24H2,1-5H3,(H,41,48)(H3,39,40,42)/t26-,27+,30+,31-,32+,37+/m1/s1. The topological polar surface area (TPSA) is 182 Å². The third kappa shape index (κ3) is 9.44. The Hall–Kier alpha value is -3.72. The number of rotatable bonds is 17. The van der Waals surface area contributed by atoms with Crippen LogP contribution in [0.25, 0.3) is 0 Å². The third-order valence-electron chi connectivity index (χ3n) is 12.0. The van der Waals surface area contributed by atoms with Crippen molar-refractivity contribution >= 4 is 36.4 Å². The van der Waals surface area contributed by atoms with Crippen LogP contribution in [0.1, 0.15) is 92.4 Å². The molecule has 0 unspecified atom stereocenters. The van der Waals surface area contributed by atoms with Gasteiger partial charge in [0.25, 0.3) is 5.96 Å². The molecule has 2 amide bonds. The van der Waals surface area contributed by atoms with Crippen molar-refractivity contribution in [3.8, 4) is 0 Å². The molecule has 2 aliphatic heterocycles. The third-order valence-corrected chi connectivity index (χ3v) is 12.0. The summed E-state index contributed by atoms with van der Waals surface area (Å²) in [7, 11) is -0.592. The van der Waals surface area contributed by atoms with Crippen molar-refractivity contribution in [2.24, 2.45) is 39.8 Å². The van der Waals surface area contributed by atoms with Gasteiger partial charge in [0.05, 0.1) is 17.6 Å². The largest absolute Gasteiger partial charge is 0.481 e. The first-order valence-electron chi connectivity index (χ1n) is 19.1. The van der Waals surface area contributed by atoms with Crippen LogP contribution in [0.5, 0.6) is 0 Å². The molecule has 2 heterocycles. The minimum Gasteiger partial charge on any atom is -0.404 e. The molecule has 0 aromatic heterocycles. The Morgan fingerprint density at radius 2 is 1.79 bits per heavy atom. The van der Waals surface area contributed by atoms with E-state index < -0.39 is 29.6 Å². The van der Waals surface area contributed by atoms with E-state index in [1.54, 1.807) is 0 Å². The van der Waals surface area contributed by atoms with Gasteiger partial charge in [-0.2, -0.15) is 0 Å². The fourth-order valence-corrected chi connectivity index (χ4v) is 8.93. The predicted molar refractivity (Wildman–Crippen MR) is 200 cm³/mol. The minimum absolute atomic E-state index is 0.0151. The van der Waals surface area contributed by atoms with Crippen LogP contribution in [0.2, 0.25) is 0 Å². The molecule has 2 bridgehead atoms. The number of piperazine rings is 1. The molecule has 6 atom stereocenters. The average molecular weight is 724 g/mol. The number of hydrazine groups is 1. The smallest absolute Gasteiger partial charge is 0.404 e. The molecule has 5 aliphatic rings. The van der Waals surface area contributed by atoms with Gasteiger partial charge in [0.1, 0.15) is 5.78 Å². The number of para-hydroxylation sites is 1. The molecule has 15 heteroatoms. The van der Waals surface area contributed by atoms with Crippen molar-refractivity contribution in [3.63, 3.8) is 0 Å². The van der Waals surface area contributed by atoms with Crippen LogP contribution in [0.3, 0.4) is 0 Å². The average Bonchev–Trinajstić information content (AvgIpc) is 3.46. The Bertz CT molecular complexity index is 1450. The highest BCUT2D eigenvalue weighted by Crippen LogP contribution is 2.65. The number of anilines is 1. The van der Waals surface area contributed by atoms with E-state index in [1.165, 1.54) is 0 Å². The second-order valence-electron chi connectivity index (χ2n) is 16.4. The summed E-state index contributed by atoms with van der Waals surface area (Å²) in [6.07, 6.45) is 4.31. The lowest BCUT2D eigenvalue weighted by Gasteiger charge is -2.64. The number of carbonyl (C=O) groups excluding carboxylic acids is 3. The van der Waals surface area contributed by atoms with Crippen LogP contribution in [-0.4, -0.2) is 91.0 Å². The van der Waals surface area contributed by atoms with E-state index in [2.05, 4.69) is 62.0 Å². The Morgan fingerprint density at radius 1 is 1.08 bits per heavy atom. The number of hydrogen-bond acceptors (Lipinski definition) is 9. The van der Waals surface area contributed by atoms with Gasteiger partial charge in [-0.05, 0) is 80.8 Å². The van der Waals surface area contributed by atoms with Crippen LogP contribution in [0, 0.1) is 39.2 Å². The predicted octanol–water partition coefficient (Wildman–Crippen LogP) is 3.76. The molecule has 14 nitrogen and oxygen atoms in total. The lowest BCUT2D eigenvalue weighted by molar-refractivity contribution is -0.525. The lowest BCUT2D eigenvalue weighted by Crippen LogP contribution is -2.65. The van der Waals surface area contributed by atoms with Crippen molar-refractivity contribution in [3.05, 3.63) is 40.4 Å². The van der Waals surface area contributed by atoms with E-state index in [0.717, 1.165) is 31.6 Å². The molecule has 52 heavy (non-hydrogen) atoms. The molecule has 1 aromatic carbocycles. The number of nitrogens with zero attached hydrogens (tertiary/aromatic N) is 4. The molecule has 0 spiro atoms. The fraction of sp³-hybridized carbons (Fsp3) is 0.730. The molecule has 286 valence electrons. The van der Waals surface area contributed by atoms with Crippen molar-refractivity contribution in [1.82, 2.24) is 15.6 Å². The second kappa shape index (κ2) is 17.0. The SMILES string of the molecule is CC(C)C[C@H](NC(=O)[C@H](CCCN=C(N)N[N+](=O)[O-])CC(=O)CCCC(=O)N1CCN(c2ccccc2)CC1)B1O[C@@H]2C[C@@H]3C[C@@H](C3(C)C)[C@]2(C)O1. The normalized spacial score (nSPS) is 26.3. The summed E-state index contributed by atoms with van der Waals surface area (Å²) in [5.74, 6) is -0.447. The van der Waals surface area contributed by atoms with Gasteiger partial charge < -0.3 is 30.2 Å². The van der Waals surface area contributed by atoms with Crippen molar-refractivity contribution in [2.75, 3.05) is 37.6 Å². The maximum absolute atomic E-state index is 14.0. The summed E-state index contributed by atoms with van der Waals surface area (Å²) in [6.45, 7) is 13.9. The Kier molecular flexibility index (Phi) is 12.9. The van der Waals surface area contributed by atoms with Gasteiger partial charge in [-0.25, -0.2) is 15.1 Å². The fourth-order valence-electron chi connectivity index (χ4n) is 8.93. The zero-order chi connectivity index (χ0) is 37.6. The van der Waals surface area contributed by atoms with Gasteiger partial charge in [-0.15, -0.1) is 0 Å². The number of carbonyl (C=O) groups is 3. The maximum Gasteiger partial charge on any atom is 0.481 e. The summed E-state index contributed by atoms with van der Waals surface area (Å²) in [4.78, 5) is 59.1. The summed E-state index contributed by atoms with van der Waals surface area (Å²) >= 11 is 0.